The van der Waals surface area contributed by atoms with Crippen LogP contribution in [0.4, 0.5) is 10.5 Å². The molecule has 8 nitrogen and oxygen atoms in total. The second kappa shape index (κ2) is 9.14. The molecule has 2 aromatic rings. The van der Waals surface area contributed by atoms with E-state index in [1.807, 2.05) is 30.9 Å². The smallest absolute Gasteiger partial charge is 0.356 e. The summed E-state index contributed by atoms with van der Waals surface area (Å²) < 4.78 is 10.4. The lowest BCUT2D eigenvalue weighted by molar-refractivity contribution is 0.0594. The minimum atomic E-state index is -0.493. The minimum absolute atomic E-state index is 0.0398. The van der Waals surface area contributed by atoms with Gasteiger partial charge >= 0.3 is 12.0 Å². The van der Waals surface area contributed by atoms with Crippen LogP contribution in [-0.4, -0.2) is 52.2 Å². The fourth-order valence-electron chi connectivity index (χ4n) is 4.64. The molecular weight excluding hydrogens is 408 g/mol. The van der Waals surface area contributed by atoms with Gasteiger partial charge in [-0.15, -0.1) is 0 Å². The third-order valence-corrected chi connectivity index (χ3v) is 6.22. The molecule has 0 bridgehead atoms. The van der Waals surface area contributed by atoms with Crippen LogP contribution in [0.15, 0.2) is 36.7 Å². The van der Waals surface area contributed by atoms with E-state index >= 15 is 0 Å². The second-order valence-corrected chi connectivity index (χ2v) is 8.80. The third kappa shape index (κ3) is 4.40. The molecule has 1 saturated heterocycles. The number of carbonyl (C=O) groups excluding carboxylic acids is 2. The number of amides is 2. The number of methoxy groups -OCH3 is 1. The van der Waals surface area contributed by atoms with E-state index in [2.05, 4.69) is 9.97 Å². The molecule has 0 aromatic carbocycles. The van der Waals surface area contributed by atoms with Crippen LogP contribution in [0.1, 0.15) is 62.0 Å². The summed E-state index contributed by atoms with van der Waals surface area (Å²) in [5.41, 5.74) is 1.68. The van der Waals surface area contributed by atoms with Crippen LogP contribution in [0.25, 0.3) is 0 Å². The van der Waals surface area contributed by atoms with Crippen LogP contribution in [0.3, 0.4) is 0 Å². The number of nitrogens with zero attached hydrogens (tertiary/aromatic N) is 4. The van der Waals surface area contributed by atoms with Gasteiger partial charge < -0.3 is 14.4 Å². The number of anilines is 1. The summed E-state index contributed by atoms with van der Waals surface area (Å²) >= 11 is 0. The first-order chi connectivity index (χ1) is 15.4. The molecule has 1 aliphatic carbocycles. The van der Waals surface area contributed by atoms with E-state index in [4.69, 9.17) is 9.47 Å². The fourth-order valence-corrected chi connectivity index (χ4v) is 4.64. The molecule has 2 aromatic heterocycles. The SMILES string of the molecule is COC(=O)c1ccc(N2CC3(CCCCC3)N(Cc3ccc(OC(C)C)nc3)C2=O)cn1. The van der Waals surface area contributed by atoms with Gasteiger partial charge in [0, 0.05) is 18.8 Å². The normalized spacial score (nSPS) is 17.8. The second-order valence-electron chi connectivity index (χ2n) is 8.80. The molecule has 0 atom stereocenters. The molecule has 2 fully saturated rings. The quantitative estimate of drug-likeness (QED) is 0.629. The van der Waals surface area contributed by atoms with Crippen LogP contribution in [0.2, 0.25) is 0 Å². The number of esters is 1. The van der Waals surface area contributed by atoms with Crippen molar-refractivity contribution in [2.24, 2.45) is 0 Å². The van der Waals surface area contributed by atoms with Crippen LogP contribution < -0.4 is 9.64 Å². The average Bonchev–Trinajstić information content (AvgIpc) is 3.06. The average molecular weight is 439 g/mol. The van der Waals surface area contributed by atoms with Gasteiger partial charge in [-0.05, 0) is 44.4 Å². The highest BCUT2D eigenvalue weighted by molar-refractivity contribution is 5.95. The van der Waals surface area contributed by atoms with Crippen molar-refractivity contribution in [2.75, 3.05) is 18.6 Å². The van der Waals surface area contributed by atoms with Gasteiger partial charge in [0.15, 0.2) is 0 Å². The summed E-state index contributed by atoms with van der Waals surface area (Å²) in [6.07, 6.45) is 8.79. The lowest BCUT2D eigenvalue weighted by atomic mass is 9.81. The lowest BCUT2D eigenvalue weighted by Crippen LogP contribution is -2.48. The number of ether oxygens (including phenoxy) is 2. The molecular formula is C24H30N4O4. The maximum atomic E-state index is 13.6. The minimum Gasteiger partial charge on any atom is -0.475 e. The Morgan fingerprint density at radius 3 is 2.47 bits per heavy atom. The van der Waals surface area contributed by atoms with E-state index in [9.17, 15) is 9.59 Å². The van der Waals surface area contributed by atoms with Crippen LogP contribution in [0, 0.1) is 0 Å². The molecule has 170 valence electrons. The molecule has 2 aliphatic rings. The Bertz CT molecular complexity index is 953. The summed E-state index contributed by atoms with van der Waals surface area (Å²) in [6, 6.07) is 7.15. The number of aromatic nitrogens is 2. The van der Waals surface area contributed by atoms with Crippen LogP contribution in [0.5, 0.6) is 5.88 Å². The zero-order valence-corrected chi connectivity index (χ0v) is 18.9. The third-order valence-electron chi connectivity index (χ3n) is 6.22. The first-order valence-electron chi connectivity index (χ1n) is 11.2. The van der Waals surface area contributed by atoms with Gasteiger partial charge in [0.25, 0.3) is 0 Å². The largest absolute Gasteiger partial charge is 0.475 e. The van der Waals surface area contributed by atoms with Crippen molar-refractivity contribution in [3.05, 3.63) is 47.9 Å². The Labute approximate surface area is 188 Å². The molecule has 4 rings (SSSR count). The molecule has 1 aliphatic heterocycles. The van der Waals surface area contributed by atoms with Crippen molar-refractivity contribution < 1.29 is 19.1 Å². The van der Waals surface area contributed by atoms with E-state index in [-0.39, 0.29) is 23.4 Å². The molecule has 0 radical (unpaired) electrons. The zero-order chi connectivity index (χ0) is 22.7. The Kier molecular flexibility index (Phi) is 6.30. The van der Waals surface area contributed by atoms with E-state index < -0.39 is 5.97 Å². The van der Waals surface area contributed by atoms with E-state index in [1.165, 1.54) is 13.5 Å². The fraction of sp³-hybridized carbons (Fsp3) is 0.500. The van der Waals surface area contributed by atoms with E-state index in [0.29, 0.717) is 24.7 Å². The molecule has 3 heterocycles. The molecule has 0 N–H and O–H groups in total. The maximum Gasteiger partial charge on any atom is 0.356 e. The van der Waals surface area contributed by atoms with Gasteiger partial charge in [-0.3, -0.25) is 4.90 Å². The number of carbonyl (C=O) groups is 2. The maximum absolute atomic E-state index is 13.6. The number of hydrogen-bond donors (Lipinski definition) is 0. The topological polar surface area (TPSA) is 84.9 Å². The van der Waals surface area contributed by atoms with Crippen LogP contribution >= 0.6 is 0 Å². The van der Waals surface area contributed by atoms with Gasteiger partial charge in [-0.2, -0.15) is 0 Å². The van der Waals surface area contributed by atoms with Crippen molar-refractivity contribution in [1.82, 2.24) is 14.9 Å². The van der Waals surface area contributed by atoms with Gasteiger partial charge in [0.05, 0.1) is 37.2 Å². The summed E-state index contributed by atoms with van der Waals surface area (Å²) in [6.45, 7) is 5.05. The van der Waals surface area contributed by atoms with Gasteiger partial charge in [-0.1, -0.05) is 25.3 Å². The highest BCUT2D eigenvalue weighted by Crippen LogP contribution is 2.41. The molecule has 2 amide bonds. The monoisotopic (exact) mass is 438 g/mol. The summed E-state index contributed by atoms with van der Waals surface area (Å²) in [5.74, 6) is 0.0920. The van der Waals surface area contributed by atoms with Crippen molar-refractivity contribution in [3.63, 3.8) is 0 Å². The lowest BCUT2D eigenvalue weighted by Gasteiger charge is -2.40. The first-order valence-corrected chi connectivity index (χ1v) is 11.2. The van der Waals surface area contributed by atoms with Gasteiger partial charge in [-0.25, -0.2) is 19.6 Å². The predicted octanol–water partition coefficient (Wildman–Crippen LogP) is 4.20. The number of rotatable bonds is 6. The van der Waals surface area contributed by atoms with E-state index in [0.717, 1.165) is 31.2 Å². The highest BCUT2D eigenvalue weighted by Gasteiger charge is 2.50. The predicted molar refractivity (Wildman–Crippen MR) is 120 cm³/mol. The van der Waals surface area contributed by atoms with E-state index in [1.54, 1.807) is 29.4 Å². The zero-order valence-electron chi connectivity index (χ0n) is 18.9. The van der Waals surface area contributed by atoms with Crippen molar-refractivity contribution in [3.8, 4) is 5.88 Å². The molecule has 0 unspecified atom stereocenters. The molecule has 8 heteroatoms. The number of pyridine rings is 2. The Hall–Kier alpha value is -3.16. The number of urea groups is 1. The molecule has 1 spiro atoms. The highest BCUT2D eigenvalue weighted by atomic mass is 16.5. The van der Waals surface area contributed by atoms with Gasteiger partial charge in [0.1, 0.15) is 5.69 Å². The van der Waals surface area contributed by atoms with Gasteiger partial charge in [0.2, 0.25) is 5.88 Å². The Morgan fingerprint density at radius 2 is 1.88 bits per heavy atom. The van der Waals surface area contributed by atoms with Crippen molar-refractivity contribution >= 4 is 17.7 Å². The summed E-state index contributed by atoms with van der Waals surface area (Å²) in [4.78, 5) is 37.6. The summed E-state index contributed by atoms with van der Waals surface area (Å²) in [5, 5.41) is 0. The van der Waals surface area contributed by atoms with Crippen LogP contribution in [-0.2, 0) is 11.3 Å². The first kappa shape index (κ1) is 22.0. The standard InChI is InChI=1S/C24H30N4O4/c1-17(2)32-21-10-7-18(13-26-21)15-28-23(30)27(16-24(28)11-5-4-6-12-24)19-8-9-20(25-14-19)22(29)31-3/h7-10,13-14,17H,4-6,11-12,15-16H2,1-3H3. The Morgan fingerprint density at radius 1 is 1.09 bits per heavy atom. The molecule has 32 heavy (non-hydrogen) atoms. The Balaban J connectivity index is 1.57. The van der Waals surface area contributed by atoms with Crippen molar-refractivity contribution in [2.45, 2.75) is 64.1 Å². The summed E-state index contributed by atoms with van der Waals surface area (Å²) in [7, 11) is 1.32. The van der Waals surface area contributed by atoms with Crippen molar-refractivity contribution in [1.29, 1.82) is 0 Å². The number of hydrogen-bond acceptors (Lipinski definition) is 6. The molecule has 1 saturated carbocycles.